The minimum atomic E-state index is -0.883. The molecule has 98 valence electrons. The number of carbonyl (C=O) groups excluding carboxylic acids is 1. The van der Waals surface area contributed by atoms with Crippen molar-refractivity contribution in [3.8, 4) is 0 Å². The van der Waals surface area contributed by atoms with Gasteiger partial charge in [-0.3, -0.25) is 9.59 Å². The van der Waals surface area contributed by atoms with Crippen LogP contribution in [-0.2, 0) is 14.3 Å². The zero-order valence-electron chi connectivity index (χ0n) is 10.5. The zero-order chi connectivity index (χ0) is 12.8. The molecule has 0 saturated carbocycles. The van der Waals surface area contributed by atoms with Crippen molar-refractivity contribution in [1.82, 2.24) is 4.90 Å². The molecule has 1 N–H and O–H groups in total. The average molecular weight is 243 g/mol. The highest BCUT2D eigenvalue weighted by atomic mass is 16.5. The van der Waals surface area contributed by atoms with Crippen LogP contribution < -0.4 is 0 Å². The summed E-state index contributed by atoms with van der Waals surface area (Å²) >= 11 is 0. The van der Waals surface area contributed by atoms with Crippen molar-refractivity contribution in [1.29, 1.82) is 0 Å². The SMILES string of the molecule is CCC(CC)C(=O)N1CCO[C@@H](CC(=O)O)C1. The molecule has 1 atom stereocenters. The third-order valence-corrected chi connectivity index (χ3v) is 3.19. The summed E-state index contributed by atoms with van der Waals surface area (Å²) in [6, 6.07) is 0. The Balaban J connectivity index is 2.53. The largest absolute Gasteiger partial charge is 0.481 e. The van der Waals surface area contributed by atoms with E-state index in [0.29, 0.717) is 19.7 Å². The smallest absolute Gasteiger partial charge is 0.306 e. The van der Waals surface area contributed by atoms with Gasteiger partial charge in [0, 0.05) is 19.0 Å². The lowest BCUT2D eigenvalue weighted by atomic mass is 10.0. The summed E-state index contributed by atoms with van der Waals surface area (Å²) in [6.07, 6.45) is 1.26. The lowest BCUT2D eigenvalue weighted by Gasteiger charge is -2.34. The van der Waals surface area contributed by atoms with Crippen molar-refractivity contribution >= 4 is 11.9 Å². The third kappa shape index (κ3) is 4.00. The second kappa shape index (κ2) is 6.59. The van der Waals surface area contributed by atoms with Gasteiger partial charge in [0.15, 0.2) is 0 Å². The summed E-state index contributed by atoms with van der Waals surface area (Å²) in [5.41, 5.74) is 0. The van der Waals surface area contributed by atoms with Gasteiger partial charge in [-0.25, -0.2) is 0 Å². The standard InChI is InChI=1S/C12H21NO4/c1-3-9(4-2)12(16)13-5-6-17-10(8-13)7-11(14)15/h9-10H,3-8H2,1-2H3,(H,14,15)/t10-/m0/s1. The zero-order valence-corrected chi connectivity index (χ0v) is 10.5. The number of carboxylic acids is 1. The summed E-state index contributed by atoms with van der Waals surface area (Å²) in [4.78, 5) is 24.5. The topological polar surface area (TPSA) is 66.8 Å². The molecule has 1 aliphatic heterocycles. The number of ether oxygens (including phenoxy) is 1. The number of nitrogens with zero attached hydrogens (tertiary/aromatic N) is 1. The van der Waals surface area contributed by atoms with E-state index >= 15 is 0 Å². The van der Waals surface area contributed by atoms with Crippen LogP contribution in [0.15, 0.2) is 0 Å². The van der Waals surface area contributed by atoms with Crippen LogP contribution in [0.5, 0.6) is 0 Å². The van der Waals surface area contributed by atoms with Gasteiger partial charge in [-0.1, -0.05) is 13.8 Å². The highest BCUT2D eigenvalue weighted by Crippen LogP contribution is 2.16. The molecule has 1 rings (SSSR count). The molecule has 1 amide bonds. The molecule has 0 spiro atoms. The molecule has 0 aromatic carbocycles. The monoisotopic (exact) mass is 243 g/mol. The lowest BCUT2D eigenvalue weighted by molar-refractivity contribution is -0.150. The van der Waals surface area contributed by atoms with Crippen LogP contribution in [-0.4, -0.2) is 47.7 Å². The summed E-state index contributed by atoms with van der Waals surface area (Å²) < 4.78 is 5.34. The number of carbonyl (C=O) groups is 2. The average Bonchev–Trinajstić information content (AvgIpc) is 2.30. The molecule has 0 aromatic heterocycles. The predicted octanol–water partition coefficient (Wildman–Crippen LogP) is 1.12. The van der Waals surface area contributed by atoms with Crippen LogP contribution in [0.4, 0.5) is 0 Å². The molecule has 5 heteroatoms. The number of morpholine rings is 1. The van der Waals surface area contributed by atoms with Gasteiger partial charge in [-0.15, -0.1) is 0 Å². The number of amides is 1. The van der Waals surface area contributed by atoms with Crippen molar-refractivity contribution in [3.05, 3.63) is 0 Å². The van der Waals surface area contributed by atoms with Gasteiger partial charge >= 0.3 is 5.97 Å². The maximum atomic E-state index is 12.1. The first-order valence-electron chi connectivity index (χ1n) is 6.20. The Kier molecular flexibility index (Phi) is 5.41. The van der Waals surface area contributed by atoms with Crippen LogP contribution in [0.25, 0.3) is 0 Å². The van der Waals surface area contributed by atoms with E-state index < -0.39 is 5.97 Å². The molecule has 1 fully saturated rings. The fraction of sp³-hybridized carbons (Fsp3) is 0.833. The van der Waals surface area contributed by atoms with Crippen molar-refractivity contribution in [3.63, 3.8) is 0 Å². The number of hydrogen-bond acceptors (Lipinski definition) is 3. The molecule has 17 heavy (non-hydrogen) atoms. The highest BCUT2D eigenvalue weighted by molar-refractivity contribution is 5.79. The van der Waals surface area contributed by atoms with Crippen LogP contribution in [0, 0.1) is 5.92 Å². The Labute approximate surface area is 102 Å². The van der Waals surface area contributed by atoms with Gasteiger partial charge in [0.2, 0.25) is 5.91 Å². The maximum Gasteiger partial charge on any atom is 0.306 e. The van der Waals surface area contributed by atoms with Gasteiger partial charge in [-0.2, -0.15) is 0 Å². The third-order valence-electron chi connectivity index (χ3n) is 3.19. The van der Waals surface area contributed by atoms with Gasteiger partial charge in [-0.05, 0) is 12.8 Å². The van der Waals surface area contributed by atoms with Crippen LogP contribution >= 0.6 is 0 Å². The Morgan fingerprint density at radius 3 is 2.59 bits per heavy atom. The fourth-order valence-corrected chi connectivity index (χ4v) is 2.13. The Morgan fingerprint density at radius 1 is 1.41 bits per heavy atom. The van der Waals surface area contributed by atoms with Crippen LogP contribution in [0.1, 0.15) is 33.1 Å². The van der Waals surface area contributed by atoms with Gasteiger partial charge in [0.1, 0.15) is 0 Å². The first-order valence-corrected chi connectivity index (χ1v) is 6.20. The quantitative estimate of drug-likeness (QED) is 0.786. The number of hydrogen-bond donors (Lipinski definition) is 1. The molecule has 0 bridgehead atoms. The second-order valence-electron chi connectivity index (χ2n) is 4.39. The van der Waals surface area contributed by atoms with E-state index in [4.69, 9.17) is 9.84 Å². The van der Waals surface area contributed by atoms with Crippen LogP contribution in [0.2, 0.25) is 0 Å². The van der Waals surface area contributed by atoms with E-state index in [-0.39, 0.29) is 24.3 Å². The normalized spacial score (nSPS) is 20.6. The van der Waals surface area contributed by atoms with Crippen molar-refractivity contribution < 1.29 is 19.4 Å². The minimum Gasteiger partial charge on any atom is -0.481 e. The first-order chi connectivity index (χ1) is 8.08. The molecule has 0 aliphatic carbocycles. The molecular weight excluding hydrogens is 222 g/mol. The molecule has 1 aliphatic rings. The van der Waals surface area contributed by atoms with Crippen molar-refractivity contribution in [2.75, 3.05) is 19.7 Å². The molecule has 5 nitrogen and oxygen atoms in total. The molecule has 0 unspecified atom stereocenters. The number of rotatable bonds is 5. The lowest BCUT2D eigenvalue weighted by Crippen LogP contribution is -2.48. The predicted molar refractivity (Wildman–Crippen MR) is 62.6 cm³/mol. The highest BCUT2D eigenvalue weighted by Gasteiger charge is 2.28. The molecule has 1 saturated heterocycles. The molecule has 0 radical (unpaired) electrons. The van der Waals surface area contributed by atoms with Gasteiger partial charge < -0.3 is 14.7 Å². The Hall–Kier alpha value is -1.10. The summed E-state index contributed by atoms with van der Waals surface area (Å²) in [6.45, 7) is 5.42. The van der Waals surface area contributed by atoms with E-state index in [2.05, 4.69) is 0 Å². The van der Waals surface area contributed by atoms with E-state index in [1.54, 1.807) is 4.90 Å². The van der Waals surface area contributed by atoms with E-state index in [1.165, 1.54) is 0 Å². The van der Waals surface area contributed by atoms with E-state index in [0.717, 1.165) is 12.8 Å². The maximum absolute atomic E-state index is 12.1. The molecular formula is C12H21NO4. The molecule has 0 aromatic rings. The minimum absolute atomic E-state index is 0.0350. The summed E-state index contributed by atoms with van der Waals surface area (Å²) in [7, 11) is 0. The number of aliphatic carboxylic acids is 1. The Morgan fingerprint density at radius 2 is 2.06 bits per heavy atom. The van der Waals surface area contributed by atoms with E-state index in [9.17, 15) is 9.59 Å². The Bertz CT molecular complexity index is 276. The van der Waals surface area contributed by atoms with Crippen LogP contribution in [0.3, 0.4) is 0 Å². The fourth-order valence-electron chi connectivity index (χ4n) is 2.13. The summed E-state index contributed by atoms with van der Waals surface area (Å²) in [5.74, 6) is -0.695. The second-order valence-corrected chi connectivity index (χ2v) is 4.39. The van der Waals surface area contributed by atoms with Crippen molar-refractivity contribution in [2.45, 2.75) is 39.2 Å². The summed E-state index contributed by atoms with van der Waals surface area (Å²) in [5, 5.41) is 8.71. The first kappa shape index (κ1) is 14.0. The van der Waals surface area contributed by atoms with Gasteiger partial charge in [0.25, 0.3) is 0 Å². The van der Waals surface area contributed by atoms with Crippen molar-refractivity contribution in [2.24, 2.45) is 5.92 Å². The van der Waals surface area contributed by atoms with Gasteiger partial charge in [0.05, 0.1) is 19.1 Å². The molecule has 1 heterocycles. The van der Waals surface area contributed by atoms with E-state index in [1.807, 2.05) is 13.8 Å². The number of carboxylic acid groups (broad SMARTS) is 1.